The monoisotopic (exact) mass is 219 g/mol. The number of benzene rings is 1. The van der Waals surface area contributed by atoms with Crippen LogP contribution in [-0.4, -0.2) is 4.92 Å². The topological polar surface area (TPSA) is 43.1 Å². The predicted octanol–water partition coefficient (Wildman–Crippen LogP) is 3.30. The largest absolute Gasteiger partial charge is 0.278 e. The van der Waals surface area contributed by atoms with Crippen molar-refractivity contribution >= 4 is 28.9 Å². The van der Waals surface area contributed by atoms with Crippen molar-refractivity contribution < 1.29 is 4.92 Å². The molecule has 0 N–H and O–H groups in total. The molecule has 0 aliphatic rings. The molecular formula is C8H7Cl2NO2. The summed E-state index contributed by atoms with van der Waals surface area (Å²) in [6, 6.07) is 3.22. The van der Waals surface area contributed by atoms with Crippen LogP contribution in [0, 0.1) is 17.0 Å². The average Bonchev–Trinajstić information content (AvgIpc) is 2.07. The van der Waals surface area contributed by atoms with E-state index in [0.717, 1.165) is 0 Å². The summed E-state index contributed by atoms with van der Waals surface area (Å²) in [5.74, 6) is 0.0524. The van der Waals surface area contributed by atoms with Crippen LogP contribution in [-0.2, 0) is 5.88 Å². The van der Waals surface area contributed by atoms with Gasteiger partial charge in [0.15, 0.2) is 0 Å². The standard InChI is InChI=1S/C8H7Cl2NO2/c1-5-2-3-7(10)6(4-9)8(5)11(12)13/h2-3H,4H2,1H3. The van der Waals surface area contributed by atoms with E-state index in [-0.39, 0.29) is 11.6 Å². The van der Waals surface area contributed by atoms with Gasteiger partial charge in [0.2, 0.25) is 0 Å². The first kappa shape index (κ1) is 10.3. The van der Waals surface area contributed by atoms with Crippen molar-refractivity contribution in [2.24, 2.45) is 0 Å². The minimum Gasteiger partial charge on any atom is -0.258 e. The van der Waals surface area contributed by atoms with Gasteiger partial charge in [0.1, 0.15) is 0 Å². The summed E-state index contributed by atoms with van der Waals surface area (Å²) in [5, 5.41) is 11.0. The van der Waals surface area contributed by atoms with Crippen LogP contribution in [0.15, 0.2) is 12.1 Å². The molecule has 0 fully saturated rings. The second-order valence-corrected chi connectivity index (χ2v) is 3.26. The van der Waals surface area contributed by atoms with E-state index in [1.807, 2.05) is 0 Å². The predicted molar refractivity (Wildman–Crippen MR) is 52.4 cm³/mol. The lowest BCUT2D eigenvalue weighted by Gasteiger charge is -2.03. The Kier molecular flexibility index (Phi) is 3.12. The molecule has 0 heterocycles. The molecule has 5 heteroatoms. The summed E-state index contributed by atoms with van der Waals surface area (Å²) in [6.45, 7) is 1.66. The molecule has 0 saturated heterocycles. The van der Waals surface area contributed by atoms with Crippen LogP contribution in [0.25, 0.3) is 0 Å². The summed E-state index contributed by atoms with van der Waals surface area (Å²) >= 11 is 11.3. The SMILES string of the molecule is Cc1ccc(Cl)c(CCl)c1[N+](=O)[O-]. The Bertz CT molecular complexity index is 352. The molecule has 0 radical (unpaired) electrons. The van der Waals surface area contributed by atoms with Crippen LogP contribution in [0.1, 0.15) is 11.1 Å². The molecule has 13 heavy (non-hydrogen) atoms. The van der Waals surface area contributed by atoms with E-state index in [4.69, 9.17) is 23.2 Å². The second-order valence-electron chi connectivity index (χ2n) is 2.58. The maximum Gasteiger partial charge on any atom is 0.278 e. The van der Waals surface area contributed by atoms with E-state index in [2.05, 4.69) is 0 Å². The molecule has 0 aromatic heterocycles. The number of nitro groups is 1. The Morgan fingerprint density at radius 3 is 2.54 bits per heavy atom. The fraction of sp³-hybridized carbons (Fsp3) is 0.250. The van der Waals surface area contributed by atoms with Crippen LogP contribution >= 0.6 is 23.2 Å². The molecule has 0 unspecified atom stereocenters. The molecular weight excluding hydrogens is 213 g/mol. The second kappa shape index (κ2) is 3.94. The van der Waals surface area contributed by atoms with E-state index in [1.54, 1.807) is 19.1 Å². The minimum atomic E-state index is -0.459. The summed E-state index contributed by atoms with van der Waals surface area (Å²) in [4.78, 5) is 10.2. The van der Waals surface area contributed by atoms with Crippen molar-refractivity contribution in [1.29, 1.82) is 0 Å². The van der Waals surface area contributed by atoms with Crippen LogP contribution in [0.3, 0.4) is 0 Å². The summed E-state index contributed by atoms with van der Waals surface area (Å²) < 4.78 is 0. The highest BCUT2D eigenvalue weighted by Crippen LogP contribution is 2.30. The Morgan fingerprint density at radius 1 is 1.54 bits per heavy atom. The third-order valence-corrected chi connectivity index (χ3v) is 2.36. The van der Waals surface area contributed by atoms with Gasteiger partial charge >= 0.3 is 0 Å². The molecule has 0 spiro atoms. The summed E-state index contributed by atoms with van der Waals surface area (Å²) in [5.41, 5.74) is 0.973. The highest BCUT2D eigenvalue weighted by Gasteiger charge is 2.18. The first-order valence-electron chi connectivity index (χ1n) is 3.56. The lowest BCUT2D eigenvalue weighted by atomic mass is 10.1. The van der Waals surface area contributed by atoms with Gasteiger partial charge < -0.3 is 0 Å². The fourth-order valence-electron chi connectivity index (χ4n) is 1.11. The number of hydrogen-bond acceptors (Lipinski definition) is 2. The number of alkyl halides is 1. The quantitative estimate of drug-likeness (QED) is 0.436. The summed E-state index contributed by atoms with van der Waals surface area (Å²) in [6.07, 6.45) is 0. The first-order valence-corrected chi connectivity index (χ1v) is 4.47. The Morgan fingerprint density at radius 2 is 2.15 bits per heavy atom. The van der Waals surface area contributed by atoms with Crippen LogP contribution in [0.2, 0.25) is 5.02 Å². The zero-order valence-corrected chi connectivity index (χ0v) is 8.39. The third kappa shape index (κ3) is 1.92. The number of rotatable bonds is 2. The maximum absolute atomic E-state index is 10.6. The number of halogens is 2. The molecule has 0 atom stereocenters. The van der Waals surface area contributed by atoms with E-state index in [1.165, 1.54) is 0 Å². The Labute approximate surface area is 85.4 Å². The van der Waals surface area contributed by atoms with Gasteiger partial charge in [-0.05, 0) is 13.0 Å². The van der Waals surface area contributed by atoms with Crippen molar-refractivity contribution in [3.63, 3.8) is 0 Å². The zero-order chi connectivity index (χ0) is 10.0. The molecule has 0 saturated carbocycles. The zero-order valence-electron chi connectivity index (χ0n) is 6.88. The maximum atomic E-state index is 10.6. The van der Waals surface area contributed by atoms with Crippen molar-refractivity contribution in [2.75, 3.05) is 0 Å². The van der Waals surface area contributed by atoms with Crippen LogP contribution in [0.4, 0.5) is 5.69 Å². The molecule has 0 amide bonds. The molecule has 3 nitrogen and oxygen atoms in total. The van der Waals surface area contributed by atoms with Gasteiger partial charge in [-0.3, -0.25) is 10.1 Å². The minimum absolute atomic E-state index is 0.0162. The van der Waals surface area contributed by atoms with Gasteiger partial charge in [-0.25, -0.2) is 0 Å². The highest BCUT2D eigenvalue weighted by atomic mass is 35.5. The van der Waals surface area contributed by atoms with Gasteiger partial charge in [0.05, 0.1) is 21.4 Å². The Balaban J connectivity index is 3.43. The lowest BCUT2D eigenvalue weighted by molar-refractivity contribution is -0.386. The van der Waals surface area contributed by atoms with Gasteiger partial charge in [-0.15, -0.1) is 11.6 Å². The van der Waals surface area contributed by atoms with Gasteiger partial charge in [-0.1, -0.05) is 17.7 Å². The number of nitrogens with zero attached hydrogens (tertiary/aromatic N) is 1. The van der Waals surface area contributed by atoms with Gasteiger partial charge in [-0.2, -0.15) is 0 Å². The molecule has 0 aliphatic carbocycles. The molecule has 0 aliphatic heterocycles. The Hall–Kier alpha value is -0.800. The number of hydrogen-bond donors (Lipinski definition) is 0. The molecule has 70 valence electrons. The first-order chi connectivity index (χ1) is 6.07. The fourth-order valence-corrected chi connectivity index (χ4v) is 1.67. The average molecular weight is 220 g/mol. The van der Waals surface area contributed by atoms with E-state index >= 15 is 0 Å². The highest BCUT2D eigenvalue weighted by molar-refractivity contribution is 6.32. The van der Waals surface area contributed by atoms with E-state index in [9.17, 15) is 10.1 Å². The van der Waals surface area contributed by atoms with Crippen molar-refractivity contribution in [1.82, 2.24) is 0 Å². The lowest BCUT2D eigenvalue weighted by Crippen LogP contribution is -1.97. The van der Waals surface area contributed by atoms with Gasteiger partial charge in [0.25, 0.3) is 5.69 Å². The van der Waals surface area contributed by atoms with Crippen LogP contribution < -0.4 is 0 Å². The van der Waals surface area contributed by atoms with Crippen molar-refractivity contribution in [3.05, 3.63) is 38.4 Å². The summed E-state index contributed by atoms with van der Waals surface area (Å²) in [7, 11) is 0. The third-order valence-electron chi connectivity index (χ3n) is 1.74. The van der Waals surface area contributed by atoms with E-state index < -0.39 is 4.92 Å². The molecule has 1 aromatic carbocycles. The molecule has 0 bridgehead atoms. The smallest absolute Gasteiger partial charge is 0.258 e. The van der Waals surface area contributed by atoms with Crippen molar-refractivity contribution in [2.45, 2.75) is 12.8 Å². The van der Waals surface area contributed by atoms with Gasteiger partial charge in [0, 0.05) is 5.56 Å². The molecule has 1 aromatic rings. The van der Waals surface area contributed by atoms with Crippen molar-refractivity contribution in [3.8, 4) is 0 Å². The van der Waals surface area contributed by atoms with E-state index in [0.29, 0.717) is 16.1 Å². The number of nitro benzene ring substituents is 1. The number of aryl methyl sites for hydroxylation is 1. The molecule has 1 rings (SSSR count). The van der Waals surface area contributed by atoms with Crippen LogP contribution in [0.5, 0.6) is 0 Å². The normalized spacial score (nSPS) is 10.1.